The molecule has 0 aliphatic carbocycles. The van der Waals surface area contributed by atoms with Crippen LogP contribution in [-0.2, 0) is 6.54 Å². The second kappa shape index (κ2) is 7.71. The Hall–Kier alpha value is -1.20. The molecule has 0 aliphatic heterocycles. The zero-order valence-corrected chi connectivity index (χ0v) is 14.2. The van der Waals surface area contributed by atoms with Gasteiger partial charge in [-0.05, 0) is 53.9 Å². The molecule has 0 fully saturated rings. The molecular weight excluding hydrogens is 267 g/mol. The molecule has 5 heteroatoms. The lowest BCUT2D eigenvalue weighted by Crippen LogP contribution is -2.35. The van der Waals surface area contributed by atoms with Crippen LogP contribution in [0.3, 0.4) is 0 Å². The Morgan fingerprint density at radius 2 is 1.86 bits per heavy atom. The summed E-state index contributed by atoms with van der Waals surface area (Å²) < 4.78 is 14.5. The number of halogens is 1. The summed E-state index contributed by atoms with van der Waals surface area (Å²) >= 11 is 0. The average molecular weight is 296 g/mol. The minimum absolute atomic E-state index is 0.0342. The van der Waals surface area contributed by atoms with Crippen LogP contribution in [-0.4, -0.2) is 49.7 Å². The third kappa shape index (κ3) is 6.40. The SMILES string of the molecule is CN(C)CCCN(C)c1nccc(CNC(C)(C)C)c1F. The van der Waals surface area contributed by atoms with Crippen molar-refractivity contribution >= 4 is 5.82 Å². The quantitative estimate of drug-likeness (QED) is 0.838. The van der Waals surface area contributed by atoms with E-state index >= 15 is 0 Å². The van der Waals surface area contributed by atoms with Gasteiger partial charge in [-0.3, -0.25) is 0 Å². The molecule has 1 aromatic rings. The van der Waals surface area contributed by atoms with E-state index in [0.29, 0.717) is 17.9 Å². The molecule has 0 aromatic carbocycles. The third-order valence-electron chi connectivity index (χ3n) is 3.22. The van der Waals surface area contributed by atoms with Gasteiger partial charge in [-0.25, -0.2) is 9.37 Å². The summed E-state index contributed by atoms with van der Waals surface area (Å²) in [7, 11) is 5.97. The number of anilines is 1. The molecule has 0 atom stereocenters. The number of hydrogen-bond donors (Lipinski definition) is 1. The van der Waals surface area contributed by atoms with E-state index in [9.17, 15) is 4.39 Å². The number of pyridine rings is 1. The first kappa shape index (κ1) is 17.9. The van der Waals surface area contributed by atoms with Crippen LogP contribution in [0.5, 0.6) is 0 Å². The Labute approximate surface area is 128 Å². The molecular formula is C16H29FN4. The predicted octanol–water partition coefficient (Wildman–Crippen LogP) is 2.50. The van der Waals surface area contributed by atoms with Gasteiger partial charge in [-0.15, -0.1) is 0 Å². The van der Waals surface area contributed by atoms with Crippen molar-refractivity contribution in [1.29, 1.82) is 0 Å². The summed E-state index contributed by atoms with van der Waals surface area (Å²) in [6, 6.07) is 1.74. The molecule has 1 rings (SSSR count). The van der Waals surface area contributed by atoms with Crippen molar-refractivity contribution in [2.75, 3.05) is 39.1 Å². The van der Waals surface area contributed by atoms with Gasteiger partial charge in [-0.2, -0.15) is 0 Å². The highest BCUT2D eigenvalue weighted by Gasteiger charge is 2.15. The maximum absolute atomic E-state index is 14.5. The second-order valence-electron chi connectivity index (χ2n) is 6.79. The number of nitrogens with zero attached hydrogens (tertiary/aromatic N) is 3. The van der Waals surface area contributed by atoms with Crippen LogP contribution in [0.25, 0.3) is 0 Å². The van der Waals surface area contributed by atoms with Crippen LogP contribution >= 0.6 is 0 Å². The summed E-state index contributed by atoms with van der Waals surface area (Å²) in [4.78, 5) is 8.21. The van der Waals surface area contributed by atoms with Gasteiger partial charge in [0.15, 0.2) is 11.6 Å². The lowest BCUT2D eigenvalue weighted by atomic mass is 10.1. The van der Waals surface area contributed by atoms with Gasteiger partial charge in [-0.1, -0.05) is 0 Å². The molecule has 0 unspecified atom stereocenters. The predicted molar refractivity (Wildman–Crippen MR) is 87.2 cm³/mol. The van der Waals surface area contributed by atoms with Gasteiger partial charge < -0.3 is 15.1 Å². The van der Waals surface area contributed by atoms with Crippen molar-refractivity contribution in [3.63, 3.8) is 0 Å². The van der Waals surface area contributed by atoms with Gasteiger partial charge >= 0.3 is 0 Å². The van der Waals surface area contributed by atoms with Crippen molar-refractivity contribution in [2.24, 2.45) is 0 Å². The highest BCUT2D eigenvalue weighted by Crippen LogP contribution is 2.19. The molecule has 1 aromatic heterocycles. The lowest BCUT2D eigenvalue weighted by molar-refractivity contribution is 0.401. The van der Waals surface area contributed by atoms with Crippen molar-refractivity contribution in [2.45, 2.75) is 39.3 Å². The number of nitrogens with one attached hydrogen (secondary N) is 1. The lowest BCUT2D eigenvalue weighted by Gasteiger charge is -2.23. The first-order valence-electron chi connectivity index (χ1n) is 7.45. The molecule has 1 heterocycles. The Morgan fingerprint density at radius 3 is 2.43 bits per heavy atom. The first-order chi connectivity index (χ1) is 9.70. The molecule has 0 saturated carbocycles. The van der Waals surface area contributed by atoms with Crippen molar-refractivity contribution in [1.82, 2.24) is 15.2 Å². The topological polar surface area (TPSA) is 31.4 Å². The maximum atomic E-state index is 14.5. The monoisotopic (exact) mass is 296 g/mol. The Kier molecular flexibility index (Phi) is 6.55. The zero-order chi connectivity index (χ0) is 16.0. The van der Waals surface area contributed by atoms with E-state index in [4.69, 9.17) is 0 Å². The van der Waals surface area contributed by atoms with Crippen molar-refractivity contribution in [3.05, 3.63) is 23.6 Å². The minimum Gasteiger partial charge on any atom is -0.357 e. The molecule has 21 heavy (non-hydrogen) atoms. The van der Waals surface area contributed by atoms with Crippen LogP contribution in [0.1, 0.15) is 32.8 Å². The Bertz CT molecular complexity index is 440. The summed E-state index contributed by atoms with van der Waals surface area (Å²) in [5.41, 5.74) is 0.627. The smallest absolute Gasteiger partial charge is 0.170 e. The molecule has 0 aliphatic rings. The molecule has 4 nitrogen and oxygen atoms in total. The fourth-order valence-corrected chi connectivity index (χ4v) is 1.96. The Morgan fingerprint density at radius 1 is 1.19 bits per heavy atom. The van der Waals surface area contributed by atoms with Crippen LogP contribution in [0.15, 0.2) is 12.3 Å². The van der Waals surface area contributed by atoms with E-state index in [0.717, 1.165) is 19.5 Å². The van der Waals surface area contributed by atoms with Gasteiger partial charge in [0.25, 0.3) is 0 Å². The molecule has 120 valence electrons. The Balaban J connectivity index is 2.70. The standard InChI is InChI=1S/C16H29FN4/c1-16(2,3)19-12-13-8-9-18-15(14(13)17)21(6)11-7-10-20(4)5/h8-9,19H,7,10-12H2,1-6H3. The van der Waals surface area contributed by atoms with E-state index in [1.807, 2.05) is 26.0 Å². The largest absolute Gasteiger partial charge is 0.357 e. The van der Waals surface area contributed by atoms with Crippen LogP contribution < -0.4 is 10.2 Å². The van der Waals surface area contributed by atoms with Crippen LogP contribution in [0.4, 0.5) is 10.2 Å². The van der Waals surface area contributed by atoms with Gasteiger partial charge in [0, 0.05) is 37.4 Å². The van der Waals surface area contributed by atoms with E-state index in [1.165, 1.54) is 0 Å². The first-order valence-corrected chi connectivity index (χ1v) is 7.45. The highest BCUT2D eigenvalue weighted by atomic mass is 19.1. The maximum Gasteiger partial charge on any atom is 0.170 e. The summed E-state index contributed by atoms with van der Waals surface area (Å²) in [5, 5.41) is 3.31. The van der Waals surface area contributed by atoms with Crippen molar-refractivity contribution < 1.29 is 4.39 Å². The number of aromatic nitrogens is 1. The van der Waals surface area contributed by atoms with Crippen LogP contribution in [0.2, 0.25) is 0 Å². The van der Waals surface area contributed by atoms with E-state index in [1.54, 1.807) is 12.3 Å². The molecule has 0 amide bonds. The van der Waals surface area contributed by atoms with Gasteiger partial charge in [0.1, 0.15) is 0 Å². The number of rotatable bonds is 7. The third-order valence-corrected chi connectivity index (χ3v) is 3.22. The fourth-order valence-electron chi connectivity index (χ4n) is 1.96. The highest BCUT2D eigenvalue weighted by molar-refractivity contribution is 5.42. The van der Waals surface area contributed by atoms with E-state index in [2.05, 4.69) is 36.0 Å². The van der Waals surface area contributed by atoms with Crippen LogP contribution in [0, 0.1) is 5.82 Å². The molecule has 1 N–H and O–H groups in total. The van der Waals surface area contributed by atoms with Gasteiger partial charge in [0.05, 0.1) is 0 Å². The second-order valence-corrected chi connectivity index (χ2v) is 6.79. The summed E-state index contributed by atoms with van der Waals surface area (Å²) in [6.07, 6.45) is 2.66. The molecule has 0 spiro atoms. The molecule has 0 bridgehead atoms. The molecule has 0 radical (unpaired) electrons. The zero-order valence-electron chi connectivity index (χ0n) is 14.2. The van der Waals surface area contributed by atoms with Crippen molar-refractivity contribution in [3.8, 4) is 0 Å². The average Bonchev–Trinajstić information content (AvgIpc) is 2.36. The normalized spacial score (nSPS) is 12.0. The van der Waals surface area contributed by atoms with Gasteiger partial charge in [0.2, 0.25) is 0 Å². The fraction of sp³-hybridized carbons (Fsp3) is 0.688. The summed E-state index contributed by atoms with van der Waals surface area (Å²) in [6.45, 7) is 8.49. The van der Waals surface area contributed by atoms with E-state index in [-0.39, 0.29) is 11.4 Å². The van der Waals surface area contributed by atoms with E-state index < -0.39 is 0 Å². The molecule has 0 saturated heterocycles. The number of hydrogen-bond acceptors (Lipinski definition) is 4. The minimum atomic E-state index is -0.221. The summed E-state index contributed by atoms with van der Waals surface area (Å²) in [5.74, 6) is 0.212.